The molecule has 0 bridgehead atoms. The predicted octanol–water partition coefficient (Wildman–Crippen LogP) is 4.08. The highest BCUT2D eigenvalue weighted by Crippen LogP contribution is 2.27. The molecule has 30 heavy (non-hydrogen) atoms. The summed E-state index contributed by atoms with van der Waals surface area (Å²) >= 11 is 5.35. The molecule has 0 saturated carbocycles. The van der Waals surface area contributed by atoms with E-state index in [-0.39, 0.29) is 11.7 Å². The Hall–Kier alpha value is -3.52. The molecule has 3 aromatic rings. The van der Waals surface area contributed by atoms with Crippen molar-refractivity contribution in [3.63, 3.8) is 0 Å². The summed E-state index contributed by atoms with van der Waals surface area (Å²) in [4.78, 5) is 12.0. The van der Waals surface area contributed by atoms with E-state index in [4.69, 9.17) is 26.1 Å². The van der Waals surface area contributed by atoms with Crippen LogP contribution in [-0.2, 0) is 6.42 Å². The normalized spacial score (nSPS) is 10.2. The van der Waals surface area contributed by atoms with Crippen LogP contribution in [0.15, 0.2) is 65.3 Å². The fraction of sp³-hybridized carbons (Fsp3) is 0.182. The van der Waals surface area contributed by atoms with Crippen LogP contribution in [0.2, 0.25) is 0 Å². The Morgan fingerprint density at radius 2 is 1.67 bits per heavy atom. The van der Waals surface area contributed by atoms with E-state index in [0.717, 1.165) is 17.7 Å². The van der Waals surface area contributed by atoms with Crippen LogP contribution in [0, 0.1) is 0 Å². The first kappa shape index (κ1) is 21.2. The summed E-state index contributed by atoms with van der Waals surface area (Å²) in [6.07, 6.45) is 2.24. The van der Waals surface area contributed by atoms with Crippen molar-refractivity contribution in [1.82, 2.24) is 5.32 Å². The molecule has 0 unspecified atom stereocenters. The smallest absolute Gasteiger partial charge is 0.291 e. The molecule has 3 rings (SSSR count). The van der Waals surface area contributed by atoms with Crippen molar-refractivity contribution in [2.24, 2.45) is 0 Å². The fourth-order valence-electron chi connectivity index (χ4n) is 2.77. The third-order valence-electron chi connectivity index (χ3n) is 4.29. The van der Waals surface area contributed by atoms with Gasteiger partial charge in [-0.05, 0) is 72.7 Å². The monoisotopic (exact) mass is 425 g/mol. The predicted molar refractivity (Wildman–Crippen MR) is 121 cm³/mol. The fourth-order valence-corrected chi connectivity index (χ4v) is 2.99. The number of anilines is 2. The molecule has 156 valence electrons. The molecule has 0 radical (unpaired) electrons. The summed E-state index contributed by atoms with van der Waals surface area (Å²) in [5.74, 6) is 1.37. The van der Waals surface area contributed by atoms with Gasteiger partial charge in [0, 0.05) is 17.9 Å². The minimum Gasteiger partial charge on any atom is -0.493 e. The lowest BCUT2D eigenvalue weighted by molar-refractivity contribution is 0.0996. The maximum absolute atomic E-state index is 12.0. The van der Waals surface area contributed by atoms with Gasteiger partial charge in [0.2, 0.25) is 0 Å². The molecule has 3 N–H and O–H groups in total. The molecule has 7 nitrogen and oxygen atoms in total. The summed E-state index contributed by atoms with van der Waals surface area (Å²) < 4.78 is 15.6. The van der Waals surface area contributed by atoms with Crippen molar-refractivity contribution in [1.29, 1.82) is 0 Å². The van der Waals surface area contributed by atoms with Crippen LogP contribution in [0.4, 0.5) is 11.4 Å². The Balaban J connectivity index is 1.45. The number of hydrogen-bond acceptors (Lipinski definition) is 5. The molecule has 1 heterocycles. The molecule has 0 aliphatic carbocycles. The number of rotatable bonds is 8. The first-order valence-electron chi connectivity index (χ1n) is 9.29. The molecular weight excluding hydrogens is 402 g/mol. The number of ether oxygens (including phenoxy) is 2. The third kappa shape index (κ3) is 5.74. The van der Waals surface area contributed by atoms with E-state index in [9.17, 15) is 4.79 Å². The molecule has 0 aliphatic rings. The van der Waals surface area contributed by atoms with E-state index in [1.54, 1.807) is 38.5 Å². The molecular formula is C22H23N3O4S. The van der Waals surface area contributed by atoms with Crippen molar-refractivity contribution < 1.29 is 18.7 Å². The second kappa shape index (κ2) is 10.3. The highest BCUT2D eigenvalue weighted by molar-refractivity contribution is 7.80. The molecule has 1 aromatic heterocycles. The highest BCUT2D eigenvalue weighted by Gasteiger charge is 2.08. The van der Waals surface area contributed by atoms with Gasteiger partial charge < -0.3 is 29.8 Å². The van der Waals surface area contributed by atoms with Crippen LogP contribution in [0.1, 0.15) is 16.1 Å². The number of hydrogen-bond donors (Lipinski definition) is 3. The first-order chi connectivity index (χ1) is 14.6. The second-order valence-electron chi connectivity index (χ2n) is 6.33. The number of carbonyl (C=O) groups excluding carboxylic acids is 1. The van der Waals surface area contributed by atoms with Gasteiger partial charge in [-0.15, -0.1) is 0 Å². The van der Waals surface area contributed by atoms with Gasteiger partial charge in [0.25, 0.3) is 5.91 Å². The van der Waals surface area contributed by atoms with Gasteiger partial charge in [-0.25, -0.2) is 0 Å². The maximum Gasteiger partial charge on any atom is 0.291 e. The van der Waals surface area contributed by atoms with Crippen molar-refractivity contribution in [3.05, 3.63) is 72.2 Å². The summed E-state index contributed by atoms with van der Waals surface area (Å²) in [5.41, 5.74) is 2.59. The van der Waals surface area contributed by atoms with E-state index in [1.807, 2.05) is 30.3 Å². The van der Waals surface area contributed by atoms with Crippen LogP contribution >= 0.6 is 12.2 Å². The van der Waals surface area contributed by atoms with Crippen LogP contribution in [-0.4, -0.2) is 31.8 Å². The molecule has 1 amide bonds. The zero-order valence-corrected chi connectivity index (χ0v) is 17.5. The summed E-state index contributed by atoms with van der Waals surface area (Å²) in [6.45, 7) is 0.665. The number of methoxy groups -OCH3 is 2. The molecule has 0 saturated heterocycles. The lowest BCUT2D eigenvalue weighted by Gasteiger charge is -2.12. The van der Waals surface area contributed by atoms with E-state index in [1.165, 1.54) is 6.26 Å². The summed E-state index contributed by atoms with van der Waals surface area (Å²) in [7, 11) is 3.23. The Morgan fingerprint density at radius 3 is 2.30 bits per heavy atom. The van der Waals surface area contributed by atoms with Crippen molar-refractivity contribution >= 4 is 34.6 Å². The number of thiocarbonyl (C=S) groups is 1. The number of amides is 1. The number of benzene rings is 2. The molecule has 0 aliphatic heterocycles. The van der Waals surface area contributed by atoms with E-state index in [0.29, 0.717) is 28.8 Å². The lowest BCUT2D eigenvalue weighted by Crippen LogP contribution is -2.30. The molecule has 0 fully saturated rings. The molecule has 0 spiro atoms. The standard InChI is InChI=1S/C22H23N3O4S/c1-27-18-10-5-15(14-20(18)28-2)11-12-23-22(30)25-17-8-6-16(7-9-17)24-21(26)19-4-3-13-29-19/h3-10,13-14H,11-12H2,1-2H3,(H,24,26)(H2,23,25,30). The van der Waals surface area contributed by atoms with Crippen LogP contribution in [0.25, 0.3) is 0 Å². The zero-order valence-electron chi connectivity index (χ0n) is 16.7. The number of carbonyl (C=O) groups is 1. The van der Waals surface area contributed by atoms with Gasteiger partial charge in [0.1, 0.15) is 0 Å². The van der Waals surface area contributed by atoms with Gasteiger partial charge in [-0.3, -0.25) is 4.79 Å². The average molecular weight is 426 g/mol. The SMILES string of the molecule is COc1ccc(CCNC(=S)Nc2ccc(NC(=O)c3ccco3)cc2)cc1OC. The van der Waals surface area contributed by atoms with Crippen LogP contribution < -0.4 is 25.4 Å². The zero-order chi connectivity index (χ0) is 21.3. The highest BCUT2D eigenvalue weighted by atomic mass is 32.1. The Bertz CT molecular complexity index is 988. The number of nitrogens with one attached hydrogen (secondary N) is 3. The van der Waals surface area contributed by atoms with Crippen molar-refractivity contribution in [2.75, 3.05) is 31.4 Å². The Labute approximate surface area is 180 Å². The summed E-state index contributed by atoms with van der Waals surface area (Å²) in [5, 5.41) is 9.58. The van der Waals surface area contributed by atoms with Crippen molar-refractivity contribution in [2.45, 2.75) is 6.42 Å². The minimum atomic E-state index is -0.298. The lowest BCUT2D eigenvalue weighted by atomic mass is 10.1. The van der Waals surface area contributed by atoms with Gasteiger partial charge in [0.05, 0.1) is 20.5 Å². The Morgan fingerprint density at radius 1 is 0.967 bits per heavy atom. The first-order valence-corrected chi connectivity index (χ1v) is 9.70. The van der Waals surface area contributed by atoms with E-state index < -0.39 is 0 Å². The molecule has 0 atom stereocenters. The topological polar surface area (TPSA) is 84.8 Å². The van der Waals surface area contributed by atoms with E-state index in [2.05, 4.69) is 16.0 Å². The van der Waals surface area contributed by atoms with Gasteiger partial charge in [-0.1, -0.05) is 6.07 Å². The quantitative estimate of drug-likeness (QED) is 0.469. The number of furan rings is 1. The maximum atomic E-state index is 12.0. The van der Waals surface area contributed by atoms with Gasteiger partial charge >= 0.3 is 0 Å². The molecule has 2 aromatic carbocycles. The minimum absolute atomic E-state index is 0.261. The van der Waals surface area contributed by atoms with Crippen molar-refractivity contribution in [3.8, 4) is 11.5 Å². The largest absolute Gasteiger partial charge is 0.493 e. The van der Waals surface area contributed by atoms with Gasteiger partial charge in [-0.2, -0.15) is 0 Å². The third-order valence-corrected chi connectivity index (χ3v) is 4.54. The van der Waals surface area contributed by atoms with E-state index >= 15 is 0 Å². The summed E-state index contributed by atoms with van der Waals surface area (Å²) in [6, 6.07) is 16.3. The van der Waals surface area contributed by atoms with Crippen LogP contribution in [0.5, 0.6) is 11.5 Å². The Kier molecular flexibility index (Phi) is 7.29. The van der Waals surface area contributed by atoms with Gasteiger partial charge in [0.15, 0.2) is 22.4 Å². The second-order valence-corrected chi connectivity index (χ2v) is 6.74. The van der Waals surface area contributed by atoms with Crippen LogP contribution in [0.3, 0.4) is 0 Å². The molecule has 8 heteroatoms. The average Bonchev–Trinajstić information content (AvgIpc) is 3.30.